The summed E-state index contributed by atoms with van der Waals surface area (Å²) in [4.78, 5) is 13.3. The lowest BCUT2D eigenvalue weighted by molar-refractivity contribution is -0.147. The number of halogens is 2. The van der Waals surface area contributed by atoms with Gasteiger partial charge >= 0.3 is 5.97 Å². The van der Waals surface area contributed by atoms with E-state index in [1.807, 2.05) is 6.92 Å². The summed E-state index contributed by atoms with van der Waals surface area (Å²) in [6, 6.07) is 4.32. The molecule has 2 unspecified atom stereocenters. The summed E-state index contributed by atoms with van der Waals surface area (Å²) in [5, 5.41) is 9.62. The lowest BCUT2D eigenvalue weighted by atomic mass is 9.90. The van der Waals surface area contributed by atoms with Crippen molar-refractivity contribution in [3.63, 3.8) is 0 Å². The minimum absolute atomic E-state index is 0.0192. The maximum atomic E-state index is 13.0. The van der Waals surface area contributed by atoms with Crippen LogP contribution >= 0.6 is 11.6 Å². The van der Waals surface area contributed by atoms with Gasteiger partial charge in [0.15, 0.2) is 0 Å². The van der Waals surface area contributed by atoms with E-state index in [2.05, 4.69) is 4.90 Å². The molecule has 3 nitrogen and oxygen atoms in total. The number of aliphatic carboxylic acids is 1. The smallest absolute Gasteiger partial charge is 0.310 e. The van der Waals surface area contributed by atoms with Crippen LogP contribution in [0, 0.1) is 11.2 Å². The molecule has 1 fully saturated rings. The molecule has 0 spiro atoms. The normalized spacial score (nSPS) is 25.5. The van der Waals surface area contributed by atoms with Crippen molar-refractivity contribution in [2.45, 2.75) is 26.3 Å². The van der Waals surface area contributed by atoms with Crippen molar-refractivity contribution < 1.29 is 14.3 Å². The summed E-state index contributed by atoms with van der Waals surface area (Å²) in [6.45, 7) is 4.91. The summed E-state index contributed by atoms with van der Waals surface area (Å²) >= 11 is 6.05. The molecule has 1 aliphatic heterocycles. The highest BCUT2D eigenvalue weighted by molar-refractivity contribution is 6.31. The molecule has 104 valence electrons. The Hall–Kier alpha value is -1.13. The molecule has 5 heteroatoms. The van der Waals surface area contributed by atoms with E-state index in [-0.39, 0.29) is 11.9 Å². The molecule has 2 atom stereocenters. The zero-order chi connectivity index (χ0) is 14.2. The first-order chi connectivity index (χ1) is 8.83. The summed E-state index contributed by atoms with van der Waals surface area (Å²) in [5.74, 6) is -1.13. The van der Waals surface area contributed by atoms with E-state index < -0.39 is 11.4 Å². The molecule has 0 radical (unpaired) electrons. The van der Waals surface area contributed by atoms with Gasteiger partial charge in [0.2, 0.25) is 0 Å². The van der Waals surface area contributed by atoms with Crippen LogP contribution in [-0.4, -0.2) is 29.1 Å². The first-order valence-electron chi connectivity index (χ1n) is 6.26. The van der Waals surface area contributed by atoms with Crippen molar-refractivity contribution in [1.29, 1.82) is 0 Å². The van der Waals surface area contributed by atoms with E-state index in [1.165, 1.54) is 12.1 Å². The van der Waals surface area contributed by atoms with Gasteiger partial charge in [0.1, 0.15) is 5.82 Å². The van der Waals surface area contributed by atoms with E-state index in [1.54, 1.807) is 13.0 Å². The van der Waals surface area contributed by atoms with Crippen molar-refractivity contribution in [1.82, 2.24) is 4.90 Å². The molecule has 0 saturated carbocycles. The SMILES string of the molecule is CC(c1ccc(F)cc1Cl)N1CCC(C)(C(=O)O)C1. The van der Waals surface area contributed by atoms with Gasteiger partial charge in [-0.1, -0.05) is 17.7 Å². The third-order valence-corrected chi connectivity index (χ3v) is 4.31. The largest absolute Gasteiger partial charge is 0.481 e. The van der Waals surface area contributed by atoms with Crippen LogP contribution in [0.3, 0.4) is 0 Å². The van der Waals surface area contributed by atoms with Gasteiger partial charge in [0.25, 0.3) is 0 Å². The Morgan fingerprint density at radius 3 is 2.79 bits per heavy atom. The predicted molar refractivity (Wildman–Crippen MR) is 71.8 cm³/mol. The fraction of sp³-hybridized carbons (Fsp3) is 0.500. The second kappa shape index (κ2) is 5.10. The molecule has 19 heavy (non-hydrogen) atoms. The topological polar surface area (TPSA) is 40.5 Å². The maximum Gasteiger partial charge on any atom is 0.310 e. The molecule has 0 aromatic heterocycles. The van der Waals surface area contributed by atoms with Gasteiger partial charge in [0, 0.05) is 17.6 Å². The van der Waals surface area contributed by atoms with Crippen molar-refractivity contribution in [3.05, 3.63) is 34.6 Å². The minimum atomic E-state index is -0.771. The lowest BCUT2D eigenvalue weighted by Gasteiger charge is -2.27. The molecule has 0 amide bonds. The summed E-state index contributed by atoms with van der Waals surface area (Å²) < 4.78 is 13.0. The van der Waals surface area contributed by atoms with E-state index in [4.69, 9.17) is 11.6 Å². The molecule has 1 heterocycles. The van der Waals surface area contributed by atoms with Gasteiger partial charge in [-0.2, -0.15) is 0 Å². The molecule has 0 bridgehead atoms. The van der Waals surface area contributed by atoms with Crippen LogP contribution in [0.4, 0.5) is 4.39 Å². The molecule has 1 aliphatic rings. The second-order valence-electron chi connectivity index (χ2n) is 5.43. The van der Waals surface area contributed by atoms with Crippen LogP contribution in [0.25, 0.3) is 0 Å². The minimum Gasteiger partial charge on any atom is -0.481 e. The number of carboxylic acids is 1. The van der Waals surface area contributed by atoms with Crippen LogP contribution < -0.4 is 0 Å². The summed E-state index contributed by atoms with van der Waals surface area (Å²) in [5.41, 5.74) is 0.124. The van der Waals surface area contributed by atoms with E-state index in [9.17, 15) is 14.3 Å². The fourth-order valence-electron chi connectivity index (χ4n) is 2.54. The van der Waals surface area contributed by atoms with E-state index >= 15 is 0 Å². The van der Waals surface area contributed by atoms with Crippen LogP contribution in [0.2, 0.25) is 5.02 Å². The molecule has 1 saturated heterocycles. The van der Waals surface area contributed by atoms with Crippen LogP contribution in [-0.2, 0) is 4.79 Å². The summed E-state index contributed by atoms with van der Waals surface area (Å²) in [7, 11) is 0. The second-order valence-corrected chi connectivity index (χ2v) is 5.84. The number of benzene rings is 1. The maximum absolute atomic E-state index is 13.0. The lowest BCUT2D eigenvalue weighted by Crippen LogP contribution is -2.33. The third kappa shape index (κ3) is 2.74. The van der Waals surface area contributed by atoms with Gasteiger partial charge in [-0.15, -0.1) is 0 Å². The van der Waals surface area contributed by atoms with Gasteiger partial charge in [-0.3, -0.25) is 9.69 Å². The van der Waals surface area contributed by atoms with Crippen LogP contribution in [0.1, 0.15) is 31.9 Å². The number of nitrogens with zero attached hydrogens (tertiary/aromatic N) is 1. The number of hydrogen-bond donors (Lipinski definition) is 1. The highest BCUT2D eigenvalue weighted by Crippen LogP contribution is 2.37. The highest BCUT2D eigenvalue weighted by Gasteiger charge is 2.42. The fourth-order valence-corrected chi connectivity index (χ4v) is 2.86. The van der Waals surface area contributed by atoms with Gasteiger partial charge in [-0.25, -0.2) is 4.39 Å². The Bertz CT molecular complexity index is 508. The highest BCUT2D eigenvalue weighted by atomic mass is 35.5. The van der Waals surface area contributed by atoms with Gasteiger partial charge < -0.3 is 5.11 Å². The molecule has 1 aromatic rings. The molecule has 1 aromatic carbocycles. The molecular weight excluding hydrogens is 269 g/mol. The number of carboxylic acid groups (broad SMARTS) is 1. The third-order valence-electron chi connectivity index (χ3n) is 3.98. The first-order valence-corrected chi connectivity index (χ1v) is 6.64. The standard InChI is InChI=1S/C14H17ClFNO2/c1-9(11-4-3-10(16)7-12(11)15)17-6-5-14(2,8-17)13(18)19/h3-4,7,9H,5-6,8H2,1-2H3,(H,18,19). The van der Waals surface area contributed by atoms with E-state index in [0.717, 1.165) is 5.56 Å². The van der Waals surface area contributed by atoms with Gasteiger partial charge in [0.05, 0.1) is 5.41 Å². The van der Waals surface area contributed by atoms with E-state index in [0.29, 0.717) is 24.5 Å². The quantitative estimate of drug-likeness (QED) is 0.926. The number of rotatable bonds is 3. The average Bonchev–Trinajstić information content (AvgIpc) is 2.73. The molecule has 1 N–H and O–H groups in total. The Morgan fingerprint density at radius 2 is 2.26 bits per heavy atom. The summed E-state index contributed by atoms with van der Waals surface area (Å²) in [6.07, 6.45) is 0.617. The molecule has 0 aliphatic carbocycles. The molecule has 2 rings (SSSR count). The number of carbonyl (C=O) groups is 1. The Morgan fingerprint density at radius 1 is 1.58 bits per heavy atom. The Balaban J connectivity index is 2.17. The van der Waals surface area contributed by atoms with Crippen molar-refractivity contribution in [2.24, 2.45) is 5.41 Å². The predicted octanol–water partition coefficient (Wildman–Crippen LogP) is 3.34. The Labute approximate surface area is 117 Å². The number of hydrogen-bond acceptors (Lipinski definition) is 2. The van der Waals surface area contributed by atoms with Crippen LogP contribution in [0.15, 0.2) is 18.2 Å². The van der Waals surface area contributed by atoms with Crippen molar-refractivity contribution in [3.8, 4) is 0 Å². The van der Waals surface area contributed by atoms with Crippen LogP contribution in [0.5, 0.6) is 0 Å². The zero-order valence-corrected chi connectivity index (χ0v) is 11.7. The average molecular weight is 286 g/mol. The van der Waals surface area contributed by atoms with Crippen molar-refractivity contribution in [2.75, 3.05) is 13.1 Å². The first kappa shape index (κ1) is 14.3. The molecular formula is C14H17ClFNO2. The van der Waals surface area contributed by atoms with Gasteiger partial charge in [-0.05, 0) is 44.5 Å². The number of likely N-dealkylation sites (tertiary alicyclic amines) is 1. The zero-order valence-electron chi connectivity index (χ0n) is 11.0. The Kier molecular flexibility index (Phi) is 3.83. The van der Waals surface area contributed by atoms with Crippen molar-refractivity contribution >= 4 is 17.6 Å². The monoisotopic (exact) mass is 285 g/mol.